The maximum absolute atomic E-state index is 12.2. The monoisotopic (exact) mass is 252 g/mol. The molecule has 18 heavy (non-hydrogen) atoms. The summed E-state index contributed by atoms with van der Waals surface area (Å²) in [5.74, 6) is 0. The van der Waals surface area contributed by atoms with Crippen molar-refractivity contribution in [2.45, 2.75) is 32.7 Å². The number of anilines is 1. The van der Waals surface area contributed by atoms with E-state index < -0.39 is 0 Å². The van der Waals surface area contributed by atoms with Crippen molar-refractivity contribution in [2.75, 3.05) is 25.0 Å². The summed E-state index contributed by atoms with van der Waals surface area (Å²) in [7, 11) is 0. The predicted molar refractivity (Wildman–Crippen MR) is 68.5 cm³/mol. The molecule has 1 aliphatic heterocycles. The first-order valence-electron chi connectivity index (χ1n) is 6.20. The van der Waals surface area contributed by atoms with Crippen molar-refractivity contribution in [1.82, 2.24) is 15.4 Å². The minimum atomic E-state index is -0.0990. The lowest BCUT2D eigenvalue weighted by Gasteiger charge is -2.29. The Morgan fingerprint density at radius 2 is 2.39 bits per heavy atom. The summed E-state index contributed by atoms with van der Waals surface area (Å²) in [5, 5.41) is 9.99. The average Bonchev–Trinajstić information content (AvgIpc) is 2.59. The van der Waals surface area contributed by atoms with Crippen LogP contribution in [0.5, 0.6) is 0 Å². The zero-order valence-corrected chi connectivity index (χ0v) is 11.1. The molecule has 2 heterocycles. The zero-order chi connectivity index (χ0) is 13.2. The molecule has 6 nitrogen and oxygen atoms in total. The van der Waals surface area contributed by atoms with E-state index in [0.29, 0.717) is 17.9 Å². The minimum Gasteiger partial charge on any atom is -0.362 e. The van der Waals surface area contributed by atoms with Crippen molar-refractivity contribution < 1.29 is 9.32 Å². The molecule has 100 valence electrons. The van der Waals surface area contributed by atoms with Crippen molar-refractivity contribution in [3.05, 3.63) is 12.0 Å². The van der Waals surface area contributed by atoms with Crippen LogP contribution in [0, 0.1) is 6.92 Å². The molecular formula is C12H20N4O2. The lowest BCUT2D eigenvalue weighted by atomic mass is 10.1. The van der Waals surface area contributed by atoms with Gasteiger partial charge in [-0.2, -0.15) is 0 Å². The largest absolute Gasteiger partial charge is 0.362 e. The van der Waals surface area contributed by atoms with Crippen LogP contribution in [0.3, 0.4) is 0 Å². The van der Waals surface area contributed by atoms with Crippen LogP contribution in [0.15, 0.2) is 10.8 Å². The molecule has 1 aromatic heterocycles. The number of nitrogens with one attached hydrogen (secondary N) is 2. The van der Waals surface area contributed by atoms with E-state index in [0.717, 1.165) is 19.5 Å². The van der Waals surface area contributed by atoms with E-state index >= 15 is 0 Å². The SMILES string of the molecule is Cc1nocc1NC(=O)N1CCCNC(C)(C)C1. The van der Waals surface area contributed by atoms with Gasteiger partial charge in [0.05, 0.1) is 0 Å². The van der Waals surface area contributed by atoms with E-state index in [2.05, 4.69) is 29.6 Å². The molecule has 2 rings (SSSR count). The van der Waals surface area contributed by atoms with Gasteiger partial charge >= 0.3 is 6.03 Å². The number of carbonyl (C=O) groups is 1. The summed E-state index contributed by atoms with van der Waals surface area (Å²) in [6.45, 7) is 8.37. The lowest BCUT2D eigenvalue weighted by Crippen LogP contribution is -2.48. The third-order valence-corrected chi connectivity index (χ3v) is 3.07. The molecule has 6 heteroatoms. The third kappa shape index (κ3) is 3.01. The Hall–Kier alpha value is -1.56. The van der Waals surface area contributed by atoms with Gasteiger partial charge in [-0.25, -0.2) is 4.79 Å². The molecule has 0 aromatic carbocycles. The van der Waals surface area contributed by atoms with Crippen LogP contribution in [0.2, 0.25) is 0 Å². The van der Waals surface area contributed by atoms with Gasteiger partial charge in [-0.3, -0.25) is 0 Å². The first kappa shape index (κ1) is 12.9. The number of rotatable bonds is 1. The van der Waals surface area contributed by atoms with Crippen LogP contribution in [0.1, 0.15) is 26.0 Å². The number of hydrogen-bond donors (Lipinski definition) is 2. The van der Waals surface area contributed by atoms with Gasteiger partial charge in [-0.05, 0) is 33.7 Å². The fourth-order valence-electron chi connectivity index (χ4n) is 2.09. The van der Waals surface area contributed by atoms with Gasteiger partial charge in [0, 0.05) is 18.6 Å². The van der Waals surface area contributed by atoms with Crippen LogP contribution in [0.4, 0.5) is 10.5 Å². The van der Waals surface area contributed by atoms with Gasteiger partial charge in [0.2, 0.25) is 0 Å². The fraction of sp³-hybridized carbons (Fsp3) is 0.667. The van der Waals surface area contributed by atoms with E-state index in [-0.39, 0.29) is 11.6 Å². The highest BCUT2D eigenvalue weighted by atomic mass is 16.5. The normalized spacial score (nSPS) is 19.4. The van der Waals surface area contributed by atoms with Crippen LogP contribution in [-0.2, 0) is 0 Å². The number of amides is 2. The number of aryl methyl sites for hydroxylation is 1. The molecule has 2 amide bonds. The molecular weight excluding hydrogens is 232 g/mol. The minimum absolute atomic E-state index is 0.0580. The van der Waals surface area contributed by atoms with Crippen LogP contribution < -0.4 is 10.6 Å². The summed E-state index contributed by atoms with van der Waals surface area (Å²) >= 11 is 0. The van der Waals surface area contributed by atoms with Crippen molar-refractivity contribution >= 4 is 11.7 Å². The summed E-state index contributed by atoms with van der Waals surface area (Å²) in [4.78, 5) is 14.0. The molecule has 2 N–H and O–H groups in total. The summed E-state index contributed by atoms with van der Waals surface area (Å²) in [5.41, 5.74) is 1.27. The number of hydrogen-bond acceptors (Lipinski definition) is 4. The first-order chi connectivity index (χ1) is 8.48. The number of nitrogens with zero attached hydrogens (tertiary/aromatic N) is 2. The molecule has 0 bridgehead atoms. The second kappa shape index (κ2) is 4.97. The summed E-state index contributed by atoms with van der Waals surface area (Å²) < 4.78 is 4.80. The molecule has 0 unspecified atom stereocenters. The quantitative estimate of drug-likeness (QED) is 0.796. The fourth-order valence-corrected chi connectivity index (χ4v) is 2.09. The summed E-state index contributed by atoms with van der Waals surface area (Å²) in [6, 6.07) is -0.0990. The number of urea groups is 1. The van der Waals surface area contributed by atoms with Gasteiger partial charge in [-0.15, -0.1) is 0 Å². The highest BCUT2D eigenvalue weighted by molar-refractivity contribution is 5.89. The van der Waals surface area contributed by atoms with E-state index in [1.807, 2.05) is 4.90 Å². The standard InChI is InChI=1S/C12H20N4O2/c1-9-10(7-18-15-9)14-11(17)16-6-4-5-13-12(2,3)8-16/h7,13H,4-6,8H2,1-3H3,(H,14,17). The molecule has 0 radical (unpaired) electrons. The van der Waals surface area contributed by atoms with Gasteiger partial charge < -0.3 is 20.1 Å². The molecule has 0 saturated carbocycles. The maximum atomic E-state index is 12.2. The van der Waals surface area contributed by atoms with E-state index in [1.54, 1.807) is 6.92 Å². The topological polar surface area (TPSA) is 70.4 Å². The first-order valence-corrected chi connectivity index (χ1v) is 6.20. The Balaban J connectivity index is 2.02. The lowest BCUT2D eigenvalue weighted by molar-refractivity contribution is 0.201. The molecule has 0 spiro atoms. The second-order valence-corrected chi connectivity index (χ2v) is 5.33. The Morgan fingerprint density at radius 3 is 3.06 bits per heavy atom. The molecule has 1 aromatic rings. The van der Waals surface area contributed by atoms with Gasteiger partial charge in [0.1, 0.15) is 17.6 Å². The molecule has 0 atom stereocenters. The maximum Gasteiger partial charge on any atom is 0.322 e. The Labute approximate surface area is 107 Å². The van der Waals surface area contributed by atoms with Crippen molar-refractivity contribution in [3.63, 3.8) is 0 Å². The van der Waals surface area contributed by atoms with Crippen LogP contribution in [0.25, 0.3) is 0 Å². The average molecular weight is 252 g/mol. The third-order valence-electron chi connectivity index (χ3n) is 3.07. The Bertz CT molecular complexity index is 427. The summed E-state index contributed by atoms with van der Waals surface area (Å²) in [6.07, 6.45) is 2.41. The van der Waals surface area contributed by atoms with Gasteiger partial charge in [-0.1, -0.05) is 5.16 Å². The van der Waals surface area contributed by atoms with E-state index in [1.165, 1.54) is 6.26 Å². The highest BCUT2D eigenvalue weighted by Crippen LogP contribution is 2.15. The molecule has 0 aliphatic carbocycles. The molecule has 1 aliphatic rings. The van der Waals surface area contributed by atoms with E-state index in [4.69, 9.17) is 4.52 Å². The van der Waals surface area contributed by atoms with Crippen molar-refractivity contribution in [1.29, 1.82) is 0 Å². The van der Waals surface area contributed by atoms with Crippen molar-refractivity contribution in [3.8, 4) is 0 Å². The molecule has 1 saturated heterocycles. The van der Waals surface area contributed by atoms with Gasteiger partial charge in [0.15, 0.2) is 0 Å². The zero-order valence-electron chi connectivity index (χ0n) is 11.1. The Kier molecular flexibility index (Phi) is 3.56. The Morgan fingerprint density at radius 1 is 1.61 bits per heavy atom. The van der Waals surface area contributed by atoms with Gasteiger partial charge in [0.25, 0.3) is 0 Å². The number of aromatic nitrogens is 1. The smallest absolute Gasteiger partial charge is 0.322 e. The predicted octanol–water partition coefficient (Wildman–Crippen LogP) is 1.59. The number of carbonyl (C=O) groups excluding carboxylic acids is 1. The van der Waals surface area contributed by atoms with Crippen molar-refractivity contribution in [2.24, 2.45) is 0 Å². The van der Waals surface area contributed by atoms with E-state index in [9.17, 15) is 4.79 Å². The highest BCUT2D eigenvalue weighted by Gasteiger charge is 2.27. The van der Waals surface area contributed by atoms with Crippen LogP contribution in [-0.4, -0.2) is 41.3 Å². The second-order valence-electron chi connectivity index (χ2n) is 5.33. The molecule has 1 fully saturated rings. The van der Waals surface area contributed by atoms with Crippen LogP contribution >= 0.6 is 0 Å².